The van der Waals surface area contributed by atoms with E-state index in [2.05, 4.69) is 34.5 Å². The van der Waals surface area contributed by atoms with E-state index in [0.717, 1.165) is 16.8 Å². The van der Waals surface area contributed by atoms with Gasteiger partial charge in [-0.3, -0.25) is 19.1 Å². The number of aromatic nitrogens is 2. The fourth-order valence-corrected chi connectivity index (χ4v) is 6.36. The third-order valence-corrected chi connectivity index (χ3v) is 8.61. The molecular formula is C29H33N7O3. The molecule has 2 bridgehead atoms. The van der Waals surface area contributed by atoms with E-state index in [4.69, 9.17) is 0 Å². The maximum absolute atomic E-state index is 13.5. The molecule has 2 aromatic rings. The van der Waals surface area contributed by atoms with E-state index < -0.39 is 11.3 Å². The fraction of sp³-hybridized carbons (Fsp3) is 0.448. The number of likely N-dealkylation sites (tertiary alicyclic amines) is 1. The standard InChI is InChI=1S/C29H33N7O3/c1-19-11-22-24(28(22,2)3)27(39)35-17-29(18-35)16-34(15-23(29)25(37)30-9-10-31-33-19)26(38)21-12-32-36(14-21)13-20-7-5-4-6-8-20/h4-8,10-12,14,23-24H,9,13,15-18H2,1-3H3,(H,30,37)/b22-11+,31-10+,33-19-/t23-,24?/m0/s1. The van der Waals surface area contributed by atoms with Crippen molar-refractivity contribution in [2.45, 2.75) is 27.3 Å². The molecule has 1 aromatic carbocycles. The average molecular weight is 528 g/mol. The normalized spacial score (nSPS) is 31.3. The van der Waals surface area contributed by atoms with Gasteiger partial charge in [0.2, 0.25) is 11.8 Å². The summed E-state index contributed by atoms with van der Waals surface area (Å²) in [4.78, 5) is 43.9. The van der Waals surface area contributed by atoms with E-state index in [1.165, 1.54) is 0 Å². The van der Waals surface area contributed by atoms with E-state index in [9.17, 15) is 14.4 Å². The summed E-state index contributed by atoms with van der Waals surface area (Å²) < 4.78 is 1.75. The highest BCUT2D eigenvalue weighted by Crippen LogP contribution is 2.59. The topological polar surface area (TPSA) is 112 Å². The molecule has 1 saturated carbocycles. The first-order chi connectivity index (χ1) is 18.7. The Labute approximate surface area is 227 Å². The number of fused-ring (bicyclic) bond motifs is 5. The zero-order chi connectivity index (χ0) is 27.4. The van der Waals surface area contributed by atoms with E-state index in [1.54, 1.807) is 28.2 Å². The second-order valence-electron chi connectivity index (χ2n) is 11.7. The number of allylic oxidation sites excluding steroid dienone is 1. The fourth-order valence-electron chi connectivity index (χ4n) is 6.36. The lowest BCUT2D eigenvalue weighted by Gasteiger charge is -2.50. The molecular weight excluding hydrogens is 494 g/mol. The summed E-state index contributed by atoms with van der Waals surface area (Å²) in [5.41, 5.74) is 2.67. The first kappa shape index (κ1) is 25.2. The Morgan fingerprint density at radius 3 is 2.67 bits per heavy atom. The van der Waals surface area contributed by atoms with Crippen molar-refractivity contribution in [1.82, 2.24) is 24.9 Å². The summed E-state index contributed by atoms with van der Waals surface area (Å²) in [5.74, 6) is -0.825. The molecule has 2 saturated heterocycles. The van der Waals surface area contributed by atoms with Crippen molar-refractivity contribution < 1.29 is 14.4 Å². The second kappa shape index (κ2) is 9.29. The maximum Gasteiger partial charge on any atom is 0.257 e. The average Bonchev–Trinajstić information content (AvgIpc) is 3.26. The lowest BCUT2D eigenvalue weighted by molar-refractivity contribution is -0.151. The van der Waals surface area contributed by atoms with Crippen molar-refractivity contribution in [2.24, 2.45) is 32.9 Å². The van der Waals surface area contributed by atoms with Crippen LogP contribution in [0.3, 0.4) is 0 Å². The first-order valence-electron chi connectivity index (χ1n) is 13.4. The minimum Gasteiger partial charge on any atom is -0.351 e. The van der Waals surface area contributed by atoms with Crippen LogP contribution in [0.15, 0.2) is 64.6 Å². The van der Waals surface area contributed by atoms with Crippen molar-refractivity contribution in [3.05, 3.63) is 65.5 Å². The van der Waals surface area contributed by atoms with Gasteiger partial charge in [-0.2, -0.15) is 15.3 Å². The molecule has 1 N–H and O–H groups in total. The quantitative estimate of drug-likeness (QED) is 0.658. The van der Waals surface area contributed by atoms with Gasteiger partial charge in [-0.25, -0.2) is 0 Å². The number of carbonyl (C=O) groups excluding carboxylic acids is 3. The molecule has 202 valence electrons. The Morgan fingerprint density at radius 2 is 1.90 bits per heavy atom. The Morgan fingerprint density at radius 1 is 1.13 bits per heavy atom. The van der Waals surface area contributed by atoms with Crippen LogP contribution < -0.4 is 5.32 Å². The largest absolute Gasteiger partial charge is 0.351 e. The predicted molar refractivity (Wildman–Crippen MR) is 146 cm³/mol. The summed E-state index contributed by atoms with van der Waals surface area (Å²) in [6.45, 7) is 8.45. The van der Waals surface area contributed by atoms with E-state index in [0.29, 0.717) is 38.3 Å². The number of nitrogens with one attached hydrogen (secondary N) is 1. The SMILES string of the molecule is CC1=N/N=C/CNC(=O)[C@@H]2CN(C(=O)c3cnn(Cc4ccccc4)c3)CC23CN(C3)C(=O)C2/C(=C\1)C2(C)C. The van der Waals surface area contributed by atoms with Gasteiger partial charge in [-0.1, -0.05) is 44.2 Å². The summed E-state index contributed by atoms with van der Waals surface area (Å²) in [6.07, 6.45) is 6.86. The molecule has 5 heterocycles. The number of carbonyl (C=O) groups is 3. The van der Waals surface area contributed by atoms with Gasteiger partial charge in [-0.05, 0) is 24.1 Å². The molecule has 7 rings (SSSR count). The molecule has 10 heteroatoms. The Balaban J connectivity index is 1.21. The zero-order valence-corrected chi connectivity index (χ0v) is 22.5. The summed E-state index contributed by atoms with van der Waals surface area (Å²) >= 11 is 0. The molecule has 4 aliphatic heterocycles. The number of benzene rings is 1. The van der Waals surface area contributed by atoms with Gasteiger partial charge in [0.15, 0.2) is 0 Å². The van der Waals surface area contributed by atoms with E-state index in [-0.39, 0.29) is 35.6 Å². The van der Waals surface area contributed by atoms with Crippen LogP contribution in [-0.4, -0.2) is 82.0 Å². The van der Waals surface area contributed by atoms with Crippen molar-refractivity contribution in [2.75, 3.05) is 32.7 Å². The Hall–Kier alpha value is -4.08. The minimum atomic E-state index is -0.470. The number of hydrogen-bond acceptors (Lipinski definition) is 6. The van der Waals surface area contributed by atoms with Crippen molar-refractivity contribution >= 4 is 29.6 Å². The van der Waals surface area contributed by atoms with Crippen LogP contribution in [0.25, 0.3) is 0 Å². The molecule has 5 aliphatic rings. The zero-order valence-electron chi connectivity index (χ0n) is 22.5. The molecule has 3 fully saturated rings. The van der Waals surface area contributed by atoms with Crippen LogP contribution in [0, 0.1) is 22.7 Å². The van der Waals surface area contributed by atoms with Crippen molar-refractivity contribution in [3.63, 3.8) is 0 Å². The van der Waals surface area contributed by atoms with Gasteiger partial charge in [-0.15, -0.1) is 0 Å². The molecule has 39 heavy (non-hydrogen) atoms. The lowest BCUT2D eigenvalue weighted by Crippen LogP contribution is -2.64. The van der Waals surface area contributed by atoms with Crippen LogP contribution in [0.4, 0.5) is 0 Å². The highest BCUT2D eigenvalue weighted by Gasteiger charge is 2.63. The molecule has 2 atom stereocenters. The number of nitrogens with zero attached hydrogens (tertiary/aromatic N) is 6. The van der Waals surface area contributed by atoms with Crippen LogP contribution in [0.2, 0.25) is 0 Å². The molecule has 0 radical (unpaired) electrons. The summed E-state index contributed by atoms with van der Waals surface area (Å²) in [7, 11) is 0. The highest BCUT2D eigenvalue weighted by molar-refractivity contribution is 5.99. The molecule has 1 aliphatic carbocycles. The van der Waals surface area contributed by atoms with Crippen molar-refractivity contribution in [3.8, 4) is 0 Å². The third kappa shape index (κ3) is 4.47. The lowest BCUT2D eigenvalue weighted by atomic mass is 9.71. The van der Waals surface area contributed by atoms with Crippen LogP contribution >= 0.6 is 0 Å². The number of hydrogen-bond donors (Lipinski definition) is 1. The summed E-state index contributed by atoms with van der Waals surface area (Å²) in [6, 6.07) is 9.94. The van der Waals surface area contributed by atoms with Crippen LogP contribution in [-0.2, 0) is 16.1 Å². The molecule has 1 unspecified atom stereocenters. The second-order valence-corrected chi connectivity index (χ2v) is 11.7. The van der Waals surface area contributed by atoms with Gasteiger partial charge < -0.3 is 15.1 Å². The third-order valence-electron chi connectivity index (χ3n) is 8.61. The first-order valence-corrected chi connectivity index (χ1v) is 13.4. The predicted octanol–water partition coefficient (Wildman–Crippen LogP) is 1.99. The van der Waals surface area contributed by atoms with Crippen molar-refractivity contribution in [1.29, 1.82) is 0 Å². The van der Waals surface area contributed by atoms with E-state index >= 15 is 0 Å². The molecule has 3 amide bonds. The van der Waals surface area contributed by atoms with Gasteiger partial charge in [0.1, 0.15) is 0 Å². The summed E-state index contributed by atoms with van der Waals surface area (Å²) in [5, 5.41) is 15.6. The monoisotopic (exact) mass is 527 g/mol. The van der Waals surface area contributed by atoms with Gasteiger partial charge in [0.05, 0.1) is 42.4 Å². The molecule has 1 spiro atoms. The highest BCUT2D eigenvalue weighted by atomic mass is 16.2. The molecule has 10 nitrogen and oxygen atoms in total. The van der Waals surface area contributed by atoms with Crippen LogP contribution in [0.5, 0.6) is 0 Å². The number of rotatable bonds is 3. The van der Waals surface area contributed by atoms with Gasteiger partial charge in [0.25, 0.3) is 5.91 Å². The minimum absolute atomic E-state index is 0.0779. The van der Waals surface area contributed by atoms with Crippen LogP contribution in [0.1, 0.15) is 36.7 Å². The number of amides is 3. The van der Waals surface area contributed by atoms with Gasteiger partial charge in [0, 0.05) is 49.4 Å². The molecule has 1 aromatic heterocycles. The maximum atomic E-state index is 13.5. The Kier molecular flexibility index (Phi) is 6.00. The Bertz CT molecular complexity index is 1420. The van der Waals surface area contributed by atoms with E-state index in [1.807, 2.05) is 48.2 Å². The smallest absolute Gasteiger partial charge is 0.257 e. The van der Waals surface area contributed by atoms with Gasteiger partial charge >= 0.3 is 0 Å².